The molecular formula is C13H11BF3NO3. The summed E-state index contributed by atoms with van der Waals surface area (Å²) in [4.78, 5) is 11.6. The summed E-state index contributed by atoms with van der Waals surface area (Å²) in [6.07, 6.45) is -3.79. The van der Waals surface area contributed by atoms with Crippen molar-refractivity contribution < 1.29 is 23.2 Å². The van der Waals surface area contributed by atoms with Crippen LogP contribution in [0.3, 0.4) is 0 Å². The first-order chi connectivity index (χ1) is 9.77. The number of pyridine rings is 1. The molecule has 2 N–H and O–H groups in total. The third-order valence-corrected chi connectivity index (χ3v) is 2.91. The van der Waals surface area contributed by atoms with Gasteiger partial charge in [0.15, 0.2) is 0 Å². The highest BCUT2D eigenvalue weighted by Crippen LogP contribution is 2.28. The van der Waals surface area contributed by atoms with E-state index < -0.39 is 24.4 Å². The van der Waals surface area contributed by atoms with E-state index in [9.17, 15) is 18.0 Å². The van der Waals surface area contributed by atoms with Crippen LogP contribution in [-0.2, 0) is 12.7 Å². The molecule has 0 radical (unpaired) electrons. The number of rotatable bonds is 3. The van der Waals surface area contributed by atoms with E-state index >= 15 is 0 Å². The Morgan fingerprint density at radius 2 is 1.86 bits per heavy atom. The Labute approximate surface area is 118 Å². The zero-order valence-corrected chi connectivity index (χ0v) is 10.7. The maximum atomic E-state index is 12.6. The second-order valence-electron chi connectivity index (χ2n) is 4.50. The Kier molecular flexibility index (Phi) is 4.20. The lowest BCUT2D eigenvalue weighted by Gasteiger charge is -2.11. The van der Waals surface area contributed by atoms with Gasteiger partial charge in [-0.1, -0.05) is 24.3 Å². The van der Waals surface area contributed by atoms with Gasteiger partial charge in [0.2, 0.25) is 0 Å². The molecule has 8 heteroatoms. The van der Waals surface area contributed by atoms with Gasteiger partial charge in [-0.25, -0.2) is 0 Å². The average Bonchev–Trinajstić information content (AvgIpc) is 2.40. The smallest absolute Gasteiger partial charge is 0.423 e. The Morgan fingerprint density at radius 1 is 1.14 bits per heavy atom. The third kappa shape index (κ3) is 3.74. The van der Waals surface area contributed by atoms with Crippen LogP contribution in [0.1, 0.15) is 11.1 Å². The van der Waals surface area contributed by atoms with E-state index in [2.05, 4.69) is 0 Å². The van der Waals surface area contributed by atoms with Crippen molar-refractivity contribution >= 4 is 12.6 Å². The first-order valence-corrected chi connectivity index (χ1v) is 6.00. The molecule has 1 aromatic carbocycles. The Hall–Kier alpha value is -2.06. The Bertz CT molecular complexity index is 698. The van der Waals surface area contributed by atoms with Crippen LogP contribution in [0.15, 0.2) is 47.4 Å². The van der Waals surface area contributed by atoms with E-state index in [1.807, 2.05) is 0 Å². The van der Waals surface area contributed by atoms with Crippen LogP contribution >= 0.6 is 0 Å². The van der Waals surface area contributed by atoms with Gasteiger partial charge in [0.1, 0.15) is 0 Å². The predicted molar refractivity (Wildman–Crippen MR) is 71.1 cm³/mol. The van der Waals surface area contributed by atoms with Gasteiger partial charge in [-0.05, 0) is 17.1 Å². The minimum absolute atomic E-state index is 0.0939. The normalized spacial score (nSPS) is 11.5. The van der Waals surface area contributed by atoms with Crippen molar-refractivity contribution in [1.29, 1.82) is 0 Å². The van der Waals surface area contributed by atoms with Gasteiger partial charge in [-0.2, -0.15) is 13.2 Å². The van der Waals surface area contributed by atoms with E-state index in [0.29, 0.717) is 5.56 Å². The number of alkyl halides is 3. The second-order valence-corrected chi connectivity index (χ2v) is 4.50. The van der Waals surface area contributed by atoms with Gasteiger partial charge < -0.3 is 14.6 Å². The Morgan fingerprint density at radius 3 is 2.48 bits per heavy atom. The fraction of sp³-hybridized carbons (Fsp3) is 0.154. The highest BCUT2D eigenvalue weighted by atomic mass is 19.4. The predicted octanol–water partition coefficient (Wildman–Crippen LogP) is 0.595. The molecule has 0 fully saturated rings. The highest BCUT2D eigenvalue weighted by Gasteiger charge is 2.31. The quantitative estimate of drug-likeness (QED) is 0.815. The summed E-state index contributed by atoms with van der Waals surface area (Å²) in [5.41, 5.74) is -0.798. The second kappa shape index (κ2) is 5.75. The van der Waals surface area contributed by atoms with Crippen molar-refractivity contribution in [2.45, 2.75) is 12.7 Å². The molecule has 0 saturated heterocycles. The number of hydrogen-bond acceptors (Lipinski definition) is 3. The Balaban J connectivity index is 2.35. The summed E-state index contributed by atoms with van der Waals surface area (Å²) in [5.74, 6) is 0. The van der Waals surface area contributed by atoms with Gasteiger partial charge in [-0.3, -0.25) is 4.79 Å². The lowest BCUT2D eigenvalue weighted by molar-refractivity contribution is -0.138. The summed E-state index contributed by atoms with van der Waals surface area (Å²) in [5, 5.41) is 18.1. The maximum absolute atomic E-state index is 12.6. The van der Waals surface area contributed by atoms with Crippen LogP contribution in [0.2, 0.25) is 0 Å². The molecule has 0 aliphatic rings. The SMILES string of the molecule is O=c1ccc(C(F)(F)F)cn1Cc1cccc(B(O)O)c1. The van der Waals surface area contributed by atoms with Crippen molar-refractivity contribution in [2.24, 2.45) is 0 Å². The molecule has 2 aromatic rings. The molecule has 0 unspecified atom stereocenters. The van der Waals surface area contributed by atoms with Crippen LogP contribution in [0.5, 0.6) is 0 Å². The molecule has 4 nitrogen and oxygen atoms in total. The molecule has 1 aromatic heterocycles. The van der Waals surface area contributed by atoms with Crippen LogP contribution < -0.4 is 11.0 Å². The molecule has 0 aliphatic carbocycles. The molecule has 0 aliphatic heterocycles. The molecule has 1 heterocycles. The van der Waals surface area contributed by atoms with E-state index in [0.717, 1.165) is 22.9 Å². The topological polar surface area (TPSA) is 62.5 Å². The highest BCUT2D eigenvalue weighted by molar-refractivity contribution is 6.58. The molecule has 2 rings (SSSR count). The summed E-state index contributed by atoms with van der Waals surface area (Å²) in [7, 11) is -1.68. The molecule has 0 atom stereocenters. The monoisotopic (exact) mass is 297 g/mol. The number of aromatic nitrogens is 1. The van der Waals surface area contributed by atoms with Crippen molar-refractivity contribution in [2.75, 3.05) is 0 Å². The van der Waals surface area contributed by atoms with Gasteiger partial charge in [0, 0.05) is 12.3 Å². The van der Waals surface area contributed by atoms with Gasteiger partial charge >= 0.3 is 13.3 Å². The van der Waals surface area contributed by atoms with Gasteiger partial charge in [-0.15, -0.1) is 0 Å². The lowest BCUT2D eigenvalue weighted by Crippen LogP contribution is -2.30. The fourth-order valence-corrected chi connectivity index (χ4v) is 1.87. The number of nitrogens with zero attached hydrogens (tertiary/aromatic N) is 1. The zero-order valence-electron chi connectivity index (χ0n) is 10.7. The largest absolute Gasteiger partial charge is 0.488 e. The van der Waals surface area contributed by atoms with Crippen molar-refractivity contribution in [3.8, 4) is 0 Å². The minimum Gasteiger partial charge on any atom is -0.423 e. The number of benzene rings is 1. The van der Waals surface area contributed by atoms with E-state index in [4.69, 9.17) is 10.0 Å². The molecule has 0 amide bonds. The minimum atomic E-state index is -4.53. The maximum Gasteiger partial charge on any atom is 0.488 e. The molecule has 21 heavy (non-hydrogen) atoms. The first-order valence-electron chi connectivity index (χ1n) is 6.00. The number of hydrogen-bond donors (Lipinski definition) is 2. The van der Waals surface area contributed by atoms with Crippen LogP contribution in [0, 0.1) is 0 Å². The van der Waals surface area contributed by atoms with Crippen LogP contribution in [-0.4, -0.2) is 21.7 Å². The lowest BCUT2D eigenvalue weighted by atomic mass is 9.79. The average molecular weight is 297 g/mol. The molecule has 110 valence electrons. The fourth-order valence-electron chi connectivity index (χ4n) is 1.87. The van der Waals surface area contributed by atoms with E-state index in [1.165, 1.54) is 18.2 Å². The van der Waals surface area contributed by atoms with Gasteiger partial charge in [0.05, 0.1) is 12.1 Å². The van der Waals surface area contributed by atoms with Crippen molar-refractivity contribution in [3.63, 3.8) is 0 Å². The summed E-state index contributed by atoms with van der Waals surface area (Å²) >= 11 is 0. The van der Waals surface area contributed by atoms with E-state index in [-0.39, 0.29) is 12.0 Å². The van der Waals surface area contributed by atoms with Crippen molar-refractivity contribution in [3.05, 3.63) is 64.1 Å². The standard InChI is InChI=1S/C13H11BF3NO3/c15-13(16,17)10-4-5-12(19)18(8-10)7-9-2-1-3-11(6-9)14(20)21/h1-6,8,20-21H,7H2. The first kappa shape index (κ1) is 15.3. The van der Waals surface area contributed by atoms with Crippen molar-refractivity contribution in [1.82, 2.24) is 4.57 Å². The zero-order chi connectivity index (χ0) is 15.6. The summed E-state index contributed by atoms with van der Waals surface area (Å²) in [6.45, 7) is -0.0939. The third-order valence-electron chi connectivity index (χ3n) is 2.91. The van der Waals surface area contributed by atoms with E-state index in [1.54, 1.807) is 6.07 Å². The number of halogens is 3. The van der Waals surface area contributed by atoms with Crippen LogP contribution in [0.25, 0.3) is 0 Å². The molecular weight excluding hydrogens is 286 g/mol. The van der Waals surface area contributed by atoms with Crippen LogP contribution in [0.4, 0.5) is 13.2 Å². The molecule has 0 saturated carbocycles. The molecule has 0 spiro atoms. The summed E-state index contributed by atoms with van der Waals surface area (Å²) in [6, 6.07) is 7.57. The van der Waals surface area contributed by atoms with Gasteiger partial charge in [0.25, 0.3) is 5.56 Å². The molecule has 0 bridgehead atoms. The summed E-state index contributed by atoms with van der Waals surface area (Å²) < 4.78 is 38.8.